The van der Waals surface area contributed by atoms with Crippen molar-refractivity contribution in [3.8, 4) is 11.6 Å². The zero-order chi connectivity index (χ0) is 39.7. The molecule has 300 valence electrons. The monoisotopic (exact) mass is 781 g/mol. The molecule has 6 rings (SSSR count). The van der Waals surface area contributed by atoms with Gasteiger partial charge in [0.15, 0.2) is 0 Å². The number of alkyl carbamates (subject to hydrolysis) is 1. The maximum absolute atomic E-state index is 14.9. The minimum absolute atomic E-state index is 0.0108. The highest BCUT2D eigenvalue weighted by atomic mass is 32.2. The minimum Gasteiger partial charge on any atom is -0.494 e. The van der Waals surface area contributed by atoms with Crippen LogP contribution in [0.2, 0.25) is 0 Å². The van der Waals surface area contributed by atoms with E-state index in [-0.39, 0.29) is 31.2 Å². The van der Waals surface area contributed by atoms with Crippen LogP contribution in [0, 0.1) is 17.8 Å². The predicted molar refractivity (Wildman–Crippen MR) is 206 cm³/mol. The molecule has 1 aromatic heterocycles. The smallest absolute Gasteiger partial charge is 0.408 e. The Kier molecular flexibility index (Phi) is 11.7. The number of hydrogen-bond donors (Lipinski definition) is 3. The lowest BCUT2D eigenvalue weighted by atomic mass is 9.85. The molecule has 3 fully saturated rings. The van der Waals surface area contributed by atoms with Crippen molar-refractivity contribution in [2.24, 2.45) is 17.8 Å². The second-order valence-corrected chi connectivity index (χ2v) is 18.5. The number of hydrogen-bond acceptors (Lipinski definition) is 10. The second kappa shape index (κ2) is 16.0. The Balaban J connectivity index is 1.35. The first-order chi connectivity index (χ1) is 26.0. The standard InChI is InChI=1S/C40H55N5O9S/c1-7-25-19-24(3)11-9-10-12-27-22-40(27,37(48)44-55(50,51)30-14-15-30)43-34(46)32-21-29(23-45(32)36(47)33(25)42-38(49)54-39(4,5)6)53-35-31-16-13-28(52-8-2)20-26(31)17-18-41-35/h10,12-13,16-18,20,24-25,27,29-30,32-33H,7-9,11,14-15,19,21-23H2,1-6H3,(H,42,49)(H,43,46)(H,44,48)/b12-10-/t24-,25-,27-,29-,32+,33+,40-/m1/s1. The highest BCUT2D eigenvalue weighted by Gasteiger charge is 2.62. The van der Waals surface area contributed by atoms with E-state index in [0.717, 1.165) is 17.2 Å². The van der Waals surface area contributed by atoms with Crippen LogP contribution in [-0.4, -0.2) is 89.8 Å². The third-order valence-electron chi connectivity index (χ3n) is 10.9. The van der Waals surface area contributed by atoms with Gasteiger partial charge in [-0.15, -0.1) is 0 Å². The summed E-state index contributed by atoms with van der Waals surface area (Å²) in [6.07, 6.45) is 7.90. The molecule has 4 amide bonds. The molecule has 2 aliphatic heterocycles. The van der Waals surface area contributed by atoms with E-state index in [2.05, 4.69) is 27.3 Å². The number of ether oxygens (including phenoxy) is 3. The third-order valence-corrected chi connectivity index (χ3v) is 12.8. The number of sulfonamides is 1. The fourth-order valence-corrected chi connectivity index (χ4v) is 9.15. The molecule has 0 radical (unpaired) electrons. The van der Waals surface area contributed by atoms with Crippen LogP contribution in [0.4, 0.5) is 4.79 Å². The van der Waals surface area contributed by atoms with Crippen LogP contribution in [0.5, 0.6) is 11.6 Å². The lowest BCUT2D eigenvalue weighted by Crippen LogP contribution is -2.59. The number of rotatable bonds is 9. The molecule has 0 spiro atoms. The molecule has 0 bridgehead atoms. The molecular weight excluding hydrogens is 727 g/mol. The molecule has 7 atom stereocenters. The summed E-state index contributed by atoms with van der Waals surface area (Å²) >= 11 is 0. The topological polar surface area (TPSA) is 182 Å². The summed E-state index contributed by atoms with van der Waals surface area (Å²) in [6.45, 7) is 11.7. The van der Waals surface area contributed by atoms with Crippen molar-refractivity contribution in [1.82, 2.24) is 25.2 Å². The van der Waals surface area contributed by atoms with Gasteiger partial charge in [0.25, 0.3) is 5.91 Å². The third kappa shape index (κ3) is 9.36. The van der Waals surface area contributed by atoms with Gasteiger partial charge in [-0.1, -0.05) is 32.4 Å². The molecule has 2 aliphatic carbocycles. The van der Waals surface area contributed by atoms with Crippen LogP contribution in [0.3, 0.4) is 0 Å². The lowest BCUT2D eigenvalue weighted by molar-refractivity contribution is -0.142. The fraction of sp³-hybridized carbons (Fsp3) is 0.625. The van der Waals surface area contributed by atoms with Gasteiger partial charge in [0.2, 0.25) is 27.7 Å². The first kappa shape index (κ1) is 40.3. The normalized spacial score (nSPS) is 29.5. The van der Waals surface area contributed by atoms with Gasteiger partial charge in [-0.2, -0.15) is 0 Å². The zero-order valence-corrected chi connectivity index (χ0v) is 33.4. The van der Waals surface area contributed by atoms with Crippen LogP contribution >= 0.6 is 0 Å². The Labute approximate surface area is 323 Å². The Hall–Kier alpha value is -4.40. The molecular formula is C40H55N5O9S. The molecule has 14 nitrogen and oxygen atoms in total. The molecule has 2 aromatic rings. The number of nitrogens with one attached hydrogen (secondary N) is 3. The Morgan fingerprint density at radius 1 is 1.09 bits per heavy atom. The summed E-state index contributed by atoms with van der Waals surface area (Å²) in [5.74, 6) is -1.42. The van der Waals surface area contributed by atoms with Crippen molar-refractivity contribution in [2.45, 2.75) is 127 Å². The van der Waals surface area contributed by atoms with Gasteiger partial charge in [-0.25, -0.2) is 18.2 Å². The summed E-state index contributed by atoms with van der Waals surface area (Å²) in [6, 6.07) is 5.25. The van der Waals surface area contributed by atoms with Crippen LogP contribution in [0.25, 0.3) is 10.8 Å². The number of fused-ring (bicyclic) bond motifs is 3. The molecule has 1 aromatic carbocycles. The lowest BCUT2D eigenvalue weighted by Gasteiger charge is -2.34. The van der Waals surface area contributed by atoms with Crippen LogP contribution < -0.4 is 24.8 Å². The number of aromatic nitrogens is 1. The fourth-order valence-electron chi connectivity index (χ4n) is 7.79. The Morgan fingerprint density at radius 2 is 1.85 bits per heavy atom. The summed E-state index contributed by atoms with van der Waals surface area (Å²) in [7, 11) is -3.90. The van der Waals surface area contributed by atoms with Crippen molar-refractivity contribution in [1.29, 1.82) is 0 Å². The van der Waals surface area contributed by atoms with Crippen molar-refractivity contribution < 1.29 is 41.8 Å². The number of carbonyl (C=O) groups is 4. The van der Waals surface area contributed by atoms with Gasteiger partial charge in [-0.3, -0.25) is 19.1 Å². The number of carbonyl (C=O) groups excluding carboxylic acids is 4. The first-order valence-electron chi connectivity index (χ1n) is 19.6. The van der Waals surface area contributed by atoms with Crippen molar-refractivity contribution in [3.05, 3.63) is 42.6 Å². The molecule has 3 heterocycles. The van der Waals surface area contributed by atoms with Gasteiger partial charge < -0.3 is 29.7 Å². The van der Waals surface area contributed by atoms with Gasteiger partial charge in [-0.05, 0) is 108 Å². The van der Waals surface area contributed by atoms with Gasteiger partial charge >= 0.3 is 6.09 Å². The van der Waals surface area contributed by atoms with Crippen LogP contribution in [0.15, 0.2) is 42.6 Å². The summed E-state index contributed by atoms with van der Waals surface area (Å²) in [5, 5.41) is 6.69. The van der Waals surface area contributed by atoms with E-state index in [0.29, 0.717) is 50.3 Å². The predicted octanol–water partition coefficient (Wildman–Crippen LogP) is 4.76. The molecule has 3 N–H and O–H groups in total. The molecule has 4 aliphatic rings. The largest absolute Gasteiger partial charge is 0.494 e. The average Bonchev–Trinajstić information content (AvgIpc) is 4.04. The average molecular weight is 782 g/mol. The van der Waals surface area contributed by atoms with E-state index in [4.69, 9.17) is 14.2 Å². The van der Waals surface area contributed by atoms with E-state index in [1.165, 1.54) is 4.90 Å². The molecule has 55 heavy (non-hydrogen) atoms. The molecule has 15 heteroatoms. The van der Waals surface area contributed by atoms with Crippen molar-refractivity contribution in [3.63, 3.8) is 0 Å². The number of benzene rings is 1. The van der Waals surface area contributed by atoms with E-state index in [1.54, 1.807) is 27.0 Å². The van der Waals surface area contributed by atoms with Gasteiger partial charge in [0.05, 0.1) is 18.4 Å². The van der Waals surface area contributed by atoms with E-state index in [9.17, 15) is 27.6 Å². The zero-order valence-electron chi connectivity index (χ0n) is 32.6. The van der Waals surface area contributed by atoms with Crippen LogP contribution in [-0.2, 0) is 29.1 Å². The summed E-state index contributed by atoms with van der Waals surface area (Å²) in [4.78, 5) is 62.4. The number of amides is 4. The van der Waals surface area contributed by atoms with E-state index in [1.807, 2.05) is 50.3 Å². The summed E-state index contributed by atoms with van der Waals surface area (Å²) in [5.41, 5.74) is -2.33. The second-order valence-electron chi connectivity index (χ2n) is 16.5. The Morgan fingerprint density at radius 3 is 2.55 bits per heavy atom. The highest BCUT2D eigenvalue weighted by molar-refractivity contribution is 7.91. The van der Waals surface area contributed by atoms with E-state index < -0.39 is 74.3 Å². The highest BCUT2D eigenvalue weighted by Crippen LogP contribution is 2.46. The molecule has 0 unspecified atom stereocenters. The molecule has 2 saturated carbocycles. The van der Waals surface area contributed by atoms with Gasteiger partial charge in [0.1, 0.15) is 35.1 Å². The number of pyridine rings is 1. The first-order valence-corrected chi connectivity index (χ1v) is 21.1. The van der Waals surface area contributed by atoms with Gasteiger partial charge in [0, 0.05) is 23.9 Å². The SMILES string of the molecule is CCOc1ccc2c(O[C@@H]3C[C@H]4C(=O)N[C@]5(C(=O)NS(=O)(=O)C6CC6)C[C@H]5/C=C\CC[C@@H](C)C[C@@H](CC)[C@H](NC(=O)OC(C)(C)C)C(=O)N4C3)nccc2c1. The number of nitrogens with zero attached hydrogens (tertiary/aromatic N) is 2. The maximum atomic E-state index is 14.9. The van der Waals surface area contributed by atoms with Crippen molar-refractivity contribution >= 4 is 44.6 Å². The Bertz CT molecular complexity index is 1930. The minimum atomic E-state index is -3.90. The quantitative estimate of drug-likeness (QED) is 0.300. The summed E-state index contributed by atoms with van der Waals surface area (Å²) < 4.78 is 45.8. The van der Waals surface area contributed by atoms with E-state index >= 15 is 0 Å². The van der Waals surface area contributed by atoms with Crippen LogP contribution in [0.1, 0.15) is 92.9 Å². The van der Waals surface area contributed by atoms with Crippen molar-refractivity contribution in [2.75, 3.05) is 13.2 Å². The maximum Gasteiger partial charge on any atom is 0.408 e. The molecule has 1 saturated heterocycles. The number of allylic oxidation sites excluding steroid dienone is 1.